The van der Waals surface area contributed by atoms with E-state index >= 15 is 0 Å². The number of rotatable bonds is 7. The van der Waals surface area contributed by atoms with Crippen molar-refractivity contribution in [3.63, 3.8) is 0 Å². The Labute approximate surface area is 191 Å². The van der Waals surface area contributed by atoms with Crippen LogP contribution in [0.1, 0.15) is 10.7 Å². The number of H-pyrrole nitrogens is 1. The van der Waals surface area contributed by atoms with Crippen LogP contribution in [-0.4, -0.2) is 70.6 Å². The van der Waals surface area contributed by atoms with Crippen LogP contribution in [0.4, 0.5) is 8.78 Å². The summed E-state index contributed by atoms with van der Waals surface area (Å²) < 4.78 is 53.0. The number of aromatic nitrogens is 3. The van der Waals surface area contributed by atoms with Crippen LogP contribution in [-0.2, 0) is 21.2 Å². The number of carbonyl (C=O) groups excluding carboxylic acids is 1. The van der Waals surface area contributed by atoms with Crippen molar-refractivity contribution >= 4 is 39.0 Å². The molecular formula is C19H19F2N5O3S3. The van der Waals surface area contributed by atoms with Gasteiger partial charge < -0.3 is 4.90 Å². The lowest BCUT2D eigenvalue weighted by Gasteiger charge is -2.34. The molecule has 1 amide bonds. The van der Waals surface area contributed by atoms with Crippen LogP contribution in [0, 0.1) is 11.6 Å². The van der Waals surface area contributed by atoms with Crippen molar-refractivity contribution in [2.24, 2.45) is 0 Å². The van der Waals surface area contributed by atoms with Crippen molar-refractivity contribution in [3.8, 4) is 0 Å². The minimum Gasteiger partial charge on any atom is -0.339 e. The van der Waals surface area contributed by atoms with Crippen LogP contribution in [0.25, 0.3) is 0 Å². The van der Waals surface area contributed by atoms with Gasteiger partial charge in [0.1, 0.15) is 5.82 Å². The molecule has 1 fully saturated rings. The first kappa shape index (κ1) is 22.8. The number of hydrogen-bond donors (Lipinski definition) is 1. The van der Waals surface area contributed by atoms with Gasteiger partial charge in [0, 0.05) is 37.5 Å². The third-order valence-electron chi connectivity index (χ3n) is 4.88. The number of nitrogens with one attached hydrogen (secondary N) is 1. The topological polar surface area (TPSA) is 99.3 Å². The number of carbonyl (C=O) groups is 1. The van der Waals surface area contributed by atoms with E-state index in [1.54, 1.807) is 16.2 Å². The number of nitrogens with zero attached hydrogens (tertiary/aromatic N) is 4. The number of halogens is 2. The molecule has 3 aromatic rings. The largest absolute Gasteiger partial charge is 0.339 e. The summed E-state index contributed by atoms with van der Waals surface area (Å²) in [5, 5.41) is 9.46. The highest BCUT2D eigenvalue weighted by Crippen LogP contribution is 2.21. The Kier molecular flexibility index (Phi) is 6.88. The number of amides is 1. The summed E-state index contributed by atoms with van der Waals surface area (Å²) >= 11 is 2.84. The van der Waals surface area contributed by atoms with E-state index in [0.29, 0.717) is 17.6 Å². The number of sulfonamides is 1. The molecule has 1 aliphatic heterocycles. The van der Waals surface area contributed by atoms with Gasteiger partial charge in [-0.1, -0.05) is 17.8 Å². The van der Waals surface area contributed by atoms with E-state index in [2.05, 4.69) is 15.2 Å². The van der Waals surface area contributed by atoms with Gasteiger partial charge in [-0.15, -0.1) is 16.4 Å². The van der Waals surface area contributed by atoms with Gasteiger partial charge in [-0.2, -0.15) is 4.31 Å². The average molecular weight is 500 g/mol. The highest BCUT2D eigenvalue weighted by Gasteiger charge is 2.30. The van der Waals surface area contributed by atoms with Crippen LogP contribution in [0.2, 0.25) is 0 Å². The van der Waals surface area contributed by atoms with Crippen LogP contribution in [0.5, 0.6) is 0 Å². The number of aromatic amines is 1. The maximum Gasteiger partial charge on any atom is 0.243 e. The minimum absolute atomic E-state index is 0.0728. The van der Waals surface area contributed by atoms with E-state index in [0.717, 1.165) is 22.8 Å². The molecule has 170 valence electrons. The molecule has 0 bridgehead atoms. The molecular weight excluding hydrogens is 480 g/mol. The Morgan fingerprint density at radius 1 is 1.16 bits per heavy atom. The monoisotopic (exact) mass is 499 g/mol. The molecule has 0 saturated carbocycles. The molecule has 1 aliphatic rings. The molecule has 0 spiro atoms. The van der Waals surface area contributed by atoms with Crippen molar-refractivity contribution in [2.45, 2.75) is 16.5 Å². The predicted octanol–water partition coefficient (Wildman–Crippen LogP) is 2.36. The summed E-state index contributed by atoms with van der Waals surface area (Å²) in [4.78, 5) is 19.3. The zero-order valence-electron chi connectivity index (χ0n) is 16.7. The SMILES string of the molecule is O=C(CSc1n[nH]c(Cc2cccs2)n1)N1CCN(S(=O)(=O)c2ccc(F)c(F)c2)CC1. The van der Waals surface area contributed by atoms with Crippen molar-refractivity contribution < 1.29 is 22.0 Å². The molecule has 0 aliphatic carbocycles. The smallest absolute Gasteiger partial charge is 0.243 e. The summed E-state index contributed by atoms with van der Waals surface area (Å²) in [6, 6.07) is 6.46. The molecule has 0 radical (unpaired) electrons. The van der Waals surface area contributed by atoms with Gasteiger partial charge in [0.25, 0.3) is 0 Å². The van der Waals surface area contributed by atoms with Gasteiger partial charge >= 0.3 is 0 Å². The molecule has 1 N–H and O–H groups in total. The fourth-order valence-corrected chi connectivity index (χ4v) is 6.05. The lowest BCUT2D eigenvalue weighted by Crippen LogP contribution is -2.51. The highest BCUT2D eigenvalue weighted by molar-refractivity contribution is 7.99. The van der Waals surface area contributed by atoms with Crippen LogP contribution < -0.4 is 0 Å². The summed E-state index contributed by atoms with van der Waals surface area (Å²) in [6.07, 6.45) is 0.646. The lowest BCUT2D eigenvalue weighted by molar-refractivity contribution is -0.129. The normalized spacial score (nSPS) is 15.2. The zero-order chi connectivity index (χ0) is 22.7. The number of thioether (sulfide) groups is 1. The predicted molar refractivity (Wildman–Crippen MR) is 116 cm³/mol. The van der Waals surface area contributed by atoms with E-state index in [9.17, 15) is 22.0 Å². The van der Waals surface area contributed by atoms with Crippen LogP contribution in [0.3, 0.4) is 0 Å². The Bertz CT molecular complexity index is 1190. The van der Waals surface area contributed by atoms with Crippen LogP contribution in [0.15, 0.2) is 45.8 Å². The van der Waals surface area contributed by atoms with Gasteiger partial charge in [-0.3, -0.25) is 9.89 Å². The molecule has 0 unspecified atom stereocenters. The van der Waals surface area contributed by atoms with E-state index in [1.807, 2.05) is 17.5 Å². The molecule has 4 rings (SSSR count). The molecule has 2 aromatic heterocycles. The van der Waals surface area contributed by atoms with E-state index in [1.165, 1.54) is 16.1 Å². The quantitative estimate of drug-likeness (QED) is 0.501. The molecule has 13 heteroatoms. The maximum absolute atomic E-state index is 13.4. The second-order valence-corrected chi connectivity index (χ2v) is 10.9. The van der Waals surface area contributed by atoms with Crippen molar-refractivity contribution in [2.75, 3.05) is 31.9 Å². The molecule has 8 nitrogen and oxygen atoms in total. The Morgan fingerprint density at radius 2 is 1.94 bits per heavy atom. The second kappa shape index (κ2) is 9.65. The van der Waals surface area contributed by atoms with Crippen molar-refractivity contribution in [1.29, 1.82) is 0 Å². The summed E-state index contributed by atoms with van der Waals surface area (Å²) in [5.41, 5.74) is 0. The average Bonchev–Trinajstić information content (AvgIpc) is 3.46. The first-order chi connectivity index (χ1) is 15.3. The lowest BCUT2D eigenvalue weighted by atomic mass is 10.3. The van der Waals surface area contributed by atoms with Gasteiger partial charge in [0.15, 0.2) is 11.6 Å². The first-order valence-electron chi connectivity index (χ1n) is 9.62. The van der Waals surface area contributed by atoms with Gasteiger partial charge in [-0.05, 0) is 29.6 Å². The van der Waals surface area contributed by atoms with E-state index in [4.69, 9.17) is 0 Å². The number of hydrogen-bond acceptors (Lipinski definition) is 7. The van der Waals surface area contributed by atoms with Crippen molar-refractivity contribution in [3.05, 3.63) is 58.0 Å². The van der Waals surface area contributed by atoms with Gasteiger partial charge in [-0.25, -0.2) is 22.2 Å². The van der Waals surface area contributed by atoms with Gasteiger partial charge in [0.2, 0.25) is 21.1 Å². The summed E-state index contributed by atoms with van der Waals surface area (Å²) in [7, 11) is -3.96. The molecule has 3 heterocycles. The highest BCUT2D eigenvalue weighted by atomic mass is 32.2. The van der Waals surface area contributed by atoms with Gasteiger partial charge in [0.05, 0.1) is 10.6 Å². The Balaban J connectivity index is 1.28. The summed E-state index contributed by atoms with van der Waals surface area (Å²) in [6.45, 7) is 0.562. The number of thiophene rings is 1. The van der Waals surface area contributed by atoms with Crippen molar-refractivity contribution in [1.82, 2.24) is 24.4 Å². The second-order valence-electron chi connectivity index (χ2n) is 6.97. The number of benzene rings is 1. The molecule has 1 saturated heterocycles. The Hall–Kier alpha value is -2.35. The fourth-order valence-electron chi connectivity index (χ4n) is 3.18. The molecule has 32 heavy (non-hydrogen) atoms. The fraction of sp³-hybridized carbons (Fsp3) is 0.316. The number of piperazine rings is 1. The third kappa shape index (κ3) is 5.17. The minimum atomic E-state index is -3.96. The zero-order valence-corrected chi connectivity index (χ0v) is 19.2. The molecule has 1 aromatic carbocycles. The molecule has 0 atom stereocenters. The standard InChI is InChI=1S/C19H19F2N5O3S3/c20-15-4-3-14(11-16(15)21)32(28,29)26-7-5-25(6-8-26)18(27)12-31-19-22-17(23-24-19)10-13-2-1-9-30-13/h1-4,9,11H,5-8,10,12H2,(H,22,23,24). The Morgan fingerprint density at radius 3 is 2.62 bits per heavy atom. The first-order valence-corrected chi connectivity index (χ1v) is 12.9. The summed E-state index contributed by atoms with van der Waals surface area (Å²) in [5.74, 6) is -1.63. The van der Waals surface area contributed by atoms with E-state index in [-0.39, 0.29) is 42.7 Å². The maximum atomic E-state index is 13.4. The third-order valence-corrected chi connectivity index (χ3v) is 8.48. The van der Waals surface area contributed by atoms with Crippen LogP contribution >= 0.6 is 23.1 Å². The van der Waals surface area contributed by atoms with E-state index < -0.39 is 21.7 Å².